The average molecular weight is 473 g/mol. The first-order valence-corrected chi connectivity index (χ1v) is 11.9. The molecule has 35 heavy (non-hydrogen) atoms. The molecule has 0 aromatic heterocycles. The Kier molecular flexibility index (Phi) is 8.00. The van der Waals surface area contributed by atoms with Gasteiger partial charge < -0.3 is 25.6 Å². The predicted molar refractivity (Wildman–Crippen MR) is 140 cm³/mol. The number of nitrogens with zero attached hydrogens (tertiary/aromatic N) is 1. The molecule has 3 aromatic carbocycles. The molecule has 1 saturated heterocycles. The summed E-state index contributed by atoms with van der Waals surface area (Å²) in [6.45, 7) is 7.43. The van der Waals surface area contributed by atoms with Crippen LogP contribution in [-0.4, -0.2) is 44.2 Å². The predicted octanol–water partition coefficient (Wildman–Crippen LogP) is 4.20. The Balaban J connectivity index is 1.34. The molecule has 0 radical (unpaired) electrons. The van der Waals surface area contributed by atoms with Crippen LogP contribution in [0.3, 0.4) is 0 Å². The lowest BCUT2D eigenvalue weighted by molar-refractivity contribution is -0.116. The van der Waals surface area contributed by atoms with Crippen LogP contribution in [0.1, 0.15) is 28.4 Å². The first kappa shape index (κ1) is 24.3. The molecule has 0 spiro atoms. The number of ether oxygens (including phenoxy) is 1. The standard InChI is InChI=1S/C28H32N4O3/c1-20-7-9-22(10-8-20)19-29-28(34)25-5-3-4-6-26(25)30-21(2)27(33)31-23-11-13-24(14-12-23)32-15-17-35-18-16-32/h3-14,21,30H,15-19H2,1-2H3,(H,29,34)(H,31,33)/t21-/m1/s1. The van der Waals surface area contributed by atoms with Crippen LogP contribution in [0, 0.1) is 6.92 Å². The number of aryl methyl sites for hydroxylation is 1. The van der Waals surface area contributed by atoms with Crippen molar-refractivity contribution < 1.29 is 14.3 Å². The van der Waals surface area contributed by atoms with E-state index in [1.165, 1.54) is 5.56 Å². The quantitative estimate of drug-likeness (QED) is 0.458. The summed E-state index contributed by atoms with van der Waals surface area (Å²) in [5.41, 5.74) is 5.15. The molecule has 1 heterocycles. The van der Waals surface area contributed by atoms with Crippen molar-refractivity contribution in [3.8, 4) is 0 Å². The van der Waals surface area contributed by atoms with E-state index in [1.807, 2.05) is 73.7 Å². The van der Waals surface area contributed by atoms with E-state index in [-0.39, 0.29) is 11.8 Å². The Morgan fingerprint density at radius 2 is 1.63 bits per heavy atom. The Morgan fingerprint density at radius 3 is 2.34 bits per heavy atom. The molecule has 4 rings (SSSR count). The molecular weight excluding hydrogens is 440 g/mol. The number of anilines is 3. The Bertz CT molecular complexity index is 1140. The highest BCUT2D eigenvalue weighted by Crippen LogP contribution is 2.20. The second-order valence-corrected chi connectivity index (χ2v) is 8.72. The van der Waals surface area contributed by atoms with E-state index in [2.05, 4.69) is 20.9 Å². The fourth-order valence-electron chi connectivity index (χ4n) is 3.92. The lowest BCUT2D eigenvalue weighted by Gasteiger charge is -2.29. The van der Waals surface area contributed by atoms with Gasteiger partial charge in [-0.3, -0.25) is 9.59 Å². The molecule has 182 valence electrons. The number of hydrogen-bond acceptors (Lipinski definition) is 5. The largest absolute Gasteiger partial charge is 0.378 e. The number of rotatable bonds is 8. The number of carbonyl (C=O) groups excluding carboxylic acids is 2. The third kappa shape index (κ3) is 6.61. The van der Waals surface area contributed by atoms with Crippen LogP contribution in [0.2, 0.25) is 0 Å². The third-order valence-electron chi connectivity index (χ3n) is 6.02. The molecule has 1 aliphatic rings. The van der Waals surface area contributed by atoms with E-state index in [1.54, 1.807) is 13.0 Å². The van der Waals surface area contributed by atoms with Gasteiger partial charge in [-0.05, 0) is 55.8 Å². The fraction of sp³-hybridized carbons (Fsp3) is 0.286. The zero-order valence-corrected chi connectivity index (χ0v) is 20.2. The SMILES string of the molecule is Cc1ccc(CNC(=O)c2ccccc2N[C@H](C)C(=O)Nc2ccc(N3CCOCC3)cc2)cc1. The van der Waals surface area contributed by atoms with Gasteiger partial charge >= 0.3 is 0 Å². The van der Waals surface area contributed by atoms with E-state index >= 15 is 0 Å². The van der Waals surface area contributed by atoms with Crippen LogP contribution in [0.4, 0.5) is 17.1 Å². The molecule has 0 aliphatic carbocycles. The van der Waals surface area contributed by atoms with Crippen LogP contribution in [0.5, 0.6) is 0 Å². The van der Waals surface area contributed by atoms with Gasteiger partial charge in [-0.2, -0.15) is 0 Å². The highest BCUT2D eigenvalue weighted by atomic mass is 16.5. The second kappa shape index (κ2) is 11.5. The van der Waals surface area contributed by atoms with Crippen molar-refractivity contribution in [3.63, 3.8) is 0 Å². The Labute approximate surface area is 206 Å². The van der Waals surface area contributed by atoms with E-state index in [9.17, 15) is 9.59 Å². The van der Waals surface area contributed by atoms with Gasteiger partial charge in [-0.1, -0.05) is 42.0 Å². The van der Waals surface area contributed by atoms with E-state index in [0.717, 1.165) is 43.2 Å². The van der Waals surface area contributed by atoms with Crippen molar-refractivity contribution in [3.05, 3.63) is 89.5 Å². The first-order chi connectivity index (χ1) is 17.0. The van der Waals surface area contributed by atoms with Gasteiger partial charge in [-0.15, -0.1) is 0 Å². The minimum absolute atomic E-state index is 0.181. The first-order valence-electron chi connectivity index (χ1n) is 11.9. The Morgan fingerprint density at radius 1 is 0.943 bits per heavy atom. The summed E-state index contributed by atoms with van der Waals surface area (Å²) in [6.07, 6.45) is 0. The van der Waals surface area contributed by atoms with E-state index < -0.39 is 6.04 Å². The number of carbonyl (C=O) groups is 2. The maximum atomic E-state index is 12.8. The normalized spacial score (nSPS) is 14.2. The van der Waals surface area contributed by atoms with Crippen LogP contribution in [0.15, 0.2) is 72.8 Å². The lowest BCUT2D eigenvalue weighted by Crippen LogP contribution is -2.36. The van der Waals surface area contributed by atoms with Gasteiger partial charge in [0.05, 0.1) is 18.8 Å². The summed E-state index contributed by atoms with van der Waals surface area (Å²) in [5, 5.41) is 9.09. The van der Waals surface area contributed by atoms with Gasteiger partial charge in [0.15, 0.2) is 0 Å². The molecule has 3 N–H and O–H groups in total. The van der Waals surface area contributed by atoms with Crippen molar-refractivity contribution in [1.82, 2.24) is 5.32 Å². The smallest absolute Gasteiger partial charge is 0.253 e. The van der Waals surface area contributed by atoms with Gasteiger partial charge in [0.25, 0.3) is 5.91 Å². The third-order valence-corrected chi connectivity index (χ3v) is 6.02. The van der Waals surface area contributed by atoms with Crippen molar-refractivity contribution >= 4 is 28.9 Å². The van der Waals surface area contributed by atoms with Crippen LogP contribution >= 0.6 is 0 Å². The second-order valence-electron chi connectivity index (χ2n) is 8.72. The average Bonchev–Trinajstić information content (AvgIpc) is 2.89. The monoisotopic (exact) mass is 472 g/mol. The lowest BCUT2D eigenvalue weighted by atomic mass is 10.1. The summed E-state index contributed by atoms with van der Waals surface area (Å²) >= 11 is 0. The number of hydrogen-bond donors (Lipinski definition) is 3. The van der Waals surface area contributed by atoms with E-state index in [0.29, 0.717) is 17.8 Å². The molecule has 7 nitrogen and oxygen atoms in total. The molecule has 0 unspecified atom stereocenters. The highest BCUT2D eigenvalue weighted by Gasteiger charge is 2.18. The van der Waals surface area contributed by atoms with Gasteiger partial charge in [0.2, 0.25) is 5.91 Å². The zero-order valence-electron chi connectivity index (χ0n) is 20.2. The molecule has 0 saturated carbocycles. The molecule has 0 bridgehead atoms. The van der Waals surface area contributed by atoms with Crippen LogP contribution in [-0.2, 0) is 16.1 Å². The zero-order chi connectivity index (χ0) is 24.6. The molecule has 1 aliphatic heterocycles. The number of benzene rings is 3. The molecular formula is C28H32N4O3. The Hall–Kier alpha value is -3.84. The molecule has 3 aromatic rings. The number of para-hydroxylation sites is 1. The molecule has 1 fully saturated rings. The van der Waals surface area contributed by atoms with Gasteiger partial charge in [0.1, 0.15) is 6.04 Å². The minimum Gasteiger partial charge on any atom is -0.378 e. The van der Waals surface area contributed by atoms with Crippen molar-refractivity contribution in [2.24, 2.45) is 0 Å². The van der Waals surface area contributed by atoms with Gasteiger partial charge in [-0.25, -0.2) is 0 Å². The topological polar surface area (TPSA) is 82.7 Å². The van der Waals surface area contributed by atoms with Crippen molar-refractivity contribution in [2.75, 3.05) is 41.8 Å². The number of nitrogens with one attached hydrogen (secondary N) is 3. The van der Waals surface area contributed by atoms with Gasteiger partial charge in [0, 0.05) is 36.7 Å². The maximum Gasteiger partial charge on any atom is 0.253 e. The van der Waals surface area contributed by atoms with Crippen molar-refractivity contribution in [2.45, 2.75) is 26.4 Å². The maximum absolute atomic E-state index is 12.8. The summed E-state index contributed by atoms with van der Waals surface area (Å²) in [4.78, 5) is 27.9. The van der Waals surface area contributed by atoms with Crippen LogP contribution in [0.25, 0.3) is 0 Å². The van der Waals surface area contributed by atoms with Crippen molar-refractivity contribution in [1.29, 1.82) is 0 Å². The molecule has 2 amide bonds. The highest BCUT2D eigenvalue weighted by molar-refractivity contribution is 6.01. The fourth-order valence-corrected chi connectivity index (χ4v) is 3.92. The molecule has 7 heteroatoms. The summed E-state index contributed by atoms with van der Waals surface area (Å²) in [6, 6.07) is 22.5. The number of morpholine rings is 1. The molecule has 1 atom stereocenters. The van der Waals surface area contributed by atoms with E-state index in [4.69, 9.17) is 4.74 Å². The summed E-state index contributed by atoms with van der Waals surface area (Å²) < 4.78 is 5.40. The summed E-state index contributed by atoms with van der Waals surface area (Å²) in [7, 11) is 0. The minimum atomic E-state index is -0.542. The number of amides is 2. The summed E-state index contributed by atoms with van der Waals surface area (Å²) in [5.74, 6) is -0.376. The van der Waals surface area contributed by atoms with Crippen LogP contribution < -0.4 is 20.9 Å².